The number of hydrogen-bond acceptors (Lipinski definition) is 6. The van der Waals surface area contributed by atoms with Crippen LogP contribution < -0.4 is 14.2 Å². The van der Waals surface area contributed by atoms with Crippen LogP contribution in [0.15, 0.2) is 48.5 Å². The molecule has 31 heavy (non-hydrogen) atoms. The van der Waals surface area contributed by atoms with E-state index in [9.17, 15) is 15.3 Å². The van der Waals surface area contributed by atoms with E-state index in [0.717, 1.165) is 12.0 Å². The molecule has 0 atom stereocenters. The second-order valence-electron chi connectivity index (χ2n) is 7.64. The Bertz CT molecular complexity index is 1040. The van der Waals surface area contributed by atoms with E-state index in [1.807, 2.05) is 0 Å². The molecule has 3 aromatic carbocycles. The van der Waals surface area contributed by atoms with Crippen molar-refractivity contribution < 1.29 is 29.5 Å². The molecule has 0 spiro atoms. The maximum absolute atomic E-state index is 11.0. The molecule has 0 unspecified atom stereocenters. The Balaban J connectivity index is 2.05. The maximum atomic E-state index is 11.0. The summed E-state index contributed by atoms with van der Waals surface area (Å²) in [6.45, 7) is 4.72. The topological polar surface area (TPSA) is 88.4 Å². The third-order valence-electron chi connectivity index (χ3n) is 5.02. The number of hydrogen-bond donors (Lipinski definition) is 3. The van der Waals surface area contributed by atoms with Crippen LogP contribution in [0.5, 0.6) is 34.5 Å². The Morgan fingerprint density at radius 2 is 1.48 bits per heavy atom. The van der Waals surface area contributed by atoms with Gasteiger partial charge in [0.25, 0.3) is 0 Å². The Morgan fingerprint density at radius 1 is 0.806 bits per heavy atom. The van der Waals surface area contributed by atoms with Crippen LogP contribution in [-0.4, -0.2) is 36.1 Å². The summed E-state index contributed by atoms with van der Waals surface area (Å²) in [6.07, 6.45) is 0.881. The SMILES string of the molecule is COc1cc(-c2ccc(O)cc2)c(OC)c(O)c1-c1ccc(OCCC(C)C)c(O)c1. The average Bonchev–Trinajstić information content (AvgIpc) is 2.74. The van der Waals surface area contributed by atoms with Gasteiger partial charge in [0.15, 0.2) is 23.0 Å². The van der Waals surface area contributed by atoms with Crippen molar-refractivity contribution in [3.8, 4) is 56.8 Å². The highest BCUT2D eigenvalue weighted by atomic mass is 16.5. The minimum absolute atomic E-state index is 0.0238. The maximum Gasteiger partial charge on any atom is 0.170 e. The van der Waals surface area contributed by atoms with Crippen molar-refractivity contribution in [2.24, 2.45) is 5.92 Å². The molecule has 0 saturated heterocycles. The van der Waals surface area contributed by atoms with E-state index in [0.29, 0.717) is 40.7 Å². The summed E-state index contributed by atoms with van der Waals surface area (Å²) in [7, 11) is 2.98. The number of phenols is 3. The monoisotopic (exact) mass is 424 g/mol. The third-order valence-corrected chi connectivity index (χ3v) is 5.02. The molecular formula is C25H28O6. The molecule has 0 aromatic heterocycles. The van der Waals surface area contributed by atoms with Crippen LogP contribution in [0.1, 0.15) is 20.3 Å². The summed E-state index contributed by atoms with van der Waals surface area (Å²) in [6, 6.07) is 13.3. The van der Waals surface area contributed by atoms with Crippen LogP contribution >= 0.6 is 0 Å². The lowest BCUT2D eigenvalue weighted by Crippen LogP contribution is -2.01. The second-order valence-corrected chi connectivity index (χ2v) is 7.64. The van der Waals surface area contributed by atoms with Gasteiger partial charge in [-0.2, -0.15) is 0 Å². The van der Waals surface area contributed by atoms with Crippen molar-refractivity contribution in [3.05, 3.63) is 48.5 Å². The van der Waals surface area contributed by atoms with Gasteiger partial charge in [0.05, 0.1) is 26.4 Å². The van der Waals surface area contributed by atoms with Gasteiger partial charge >= 0.3 is 0 Å². The lowest BCUT2D eigenvalue weighted by molar-refractivity contribution is 0.276. The van der Waals surface area contributed by atoms with Crippen LogP contribution in [0.3, 0.4) is 0 Å². The van der Waals surface area contributed by atoms with E-state index in [2.05, 4.69) is 13.8 Å². The quantitative estimate of drug-likeness (QED) is 0.437. The van der Waals surface area contributed by atoms with Crippen molar-refractivity contribution in [2.75, 3.05) is 20.8 Å². The fourth-order valence-corrected chi connectivity index (χ4v) is 3.33. The molecule has 0 fully saturated rings. The lowest BCUT2D eigenvalue weighted by atomic mass is 9.96. The lowest BCUT2D eigenvalue weighted by Gasteiger charge is -2.18. The van der Waals surface area contributed by atoms with Gasteiger partial charge in [0.1, 0.15) is 11.5 Å². The van der Waals surface area contributed by atoms with Crippen molar-refractivity contribution in [1.29, 1.82) is 0 Å². The molecule has 0 radical (unpaired) electrons. The van der Waals surface area contributed by atoms with E-state index in [1.54, 1.807) is 42.5 Å². The van der Waals surface area contributed by atoms with Crippen LogP contribution in [0.4, 0.5) is 0 Å². The molecule has 3 N–H and O–H groups in total. The molecule has 6 nitrogen and oxygen atoms in total. The molecular weight excluding hydrogens is 396 g/mol. The predicted octanol–water partition coefficient (Wildman–Crippen LogP) is 5.58. The number of benzene rings is 3. The molecule has 0 heterocycles. The van der Waals surface area contributed by atoms with E-state index >= 15 is 0 Å². The van der Waals surface area contributed by atoms with Gasteiger partial charge in [0.2, 0.25) is 0 Å². The molecule has 0 saturated carbocycles. The first-order valence-electron chi connectivity index (χ1n) is 10.1. The van der Waals surface area contributed by atoms with E-state index in [1.165, 1.54) is 20.3 Å². The minimum Gasteiger partial charge on any atom is -0.508 e. The van der Waals surface area contributed by atoms with Gasteiger partial charge in [-0.3, -0.25) is 0 Å². The number of ether oxygens (including phenoxy) is 3. The molecule has 3 rings (SSSR count). The van der Waals surface area contributed by atoms with Gasteiger partial charge in [-0.05, 0) is 53.8 Å². The summed E-state index contributed by atoms with van der Waals surface area (Å²) in [5.41, 5.74) is 2.30. The smallest absolute Gasteiger partial charge is 0.170 e. The van der Waals surface area contributed by atoms with Crippen molar-refractivity contribution in [1.82, 2.24) is 0 Å². The first kappa shape index (κ1) is 22.2. The molecule has 6 heteroatoms. The summed E-state index contributed by atoms with van der Waals surface area (Å²) >= 11 is 0. The number of rotatable bonds is 8. The van der Waals surface area contributed by atoms with Gasteiger partial charge in [-0.1, -0.05) is 32.0 Å². The number of aromatic hydroxyl groups is 3. The summed E-state index contributed by atoms with van der Waals surface area (Å²) in [5, 5.41) is 31.1. The number of methoxy groups -OCH3 is 2. The predicted molar refractivity (Wildman–Crippen MR) is 120 cm³/mol. The second kappa shape index (κ2) is 9.51. The molecule has 164 valence electrons. The highest BCUT2D eigenvalue weighted by Gasteiger charge is 2.22. The zero-order valence-electron chi connectivity index (χ0n) is 18.2. The molecule has 0 bridgehead atoms. The largest absolute Gasteiger partial charge is 0.508 e. The van der Waals surface area contributed by atoms with Gasteiger partial charge in [-0.25, -0.2) is 0 Å². The highest BCUT2D eigenvalue weighted by molar-refractivity contribution is 5.88. The Kier molecular flexibility index (Phi) is 6.80. The molecule has 0 amide bonds. The summed E-state index contributed by atoms with van der Waals surface area (Å²) in [5.74, 6) is 1.56. The Morgan fingerprint density at radius 3 is 2.06 bits per heavy atom. The molecule has 0 aliphatic heterocycles. The molecule has 3 aromatic rings. The fraction of sp³-hybridized carbons (Fsp3) is 0.280. The van der Waals surface area contributed by atoms with E-state index < -0.39 is 0 Å². The van der Waals surface area contributed by atoms with E-state index in [4.69, 9.17) is 14.2 Å². The summed E-state index contributed by atoms with van der Waals surface area (Å²) in [4.78, 5) is 0. The summed E-state index contributed by atoms with van der Waals surface area (Å²) < 4.78 is 16.7. The van der Waals surface area contributed by atoms with Gasteiger partial charge in [-0.15, -0.1) is 0 Å². The van der Waals surface area contributed by atoms with Crippen LogP contribution in [0, 0.1) is 5.92 Å². The fourth-order valence-electron chi connectivity index (χ4n) is 3.33. The zero-order valence-corrected chi connectivity index (χ0v) is 18.2. The molecule has 0 aliphatic rings. The average molecular weight is 424 g/mol. The third kappa shape index (κ3) is 4.79. The normalized spacial score (nSPS) is 10.9. The van der Waals surface area contributed by atoms with Crippen LogP contribution in [0.25, 0.3) is 22.3 Å². The van der Waals surface area contributed by atoms with Gasteiger partial charge < -0.3 is 29.5 Å². The first-order chi connectivity index (χ1) is 14.8. The van der Waals surface area contributed by atoms with E-state index in [-0.39, 0.29) is 23.0 Å². The van der Waals surface area contributed by atoms with Crippen molar-refractivity contribution >= 4 is 0 Å². The standard InChI is InChI=1S/C25H28O6/c1-15(2)11-12-31-21-10-7-17(13-20(21)27)23-22(29-3)14-19(25(30-4)24(23)28)16-5-8-18(26)9-6-16/h5-10,13-15,26-28H,11-12H2,1-4H3. The Hall–Kier alpha value is -3.54. The van der Waals surface area contributed by atoms with Gasteiger partial charge in [0, 0.05) is 5.56 Å². The minimum atomic E-state index is -0.113. The van der Waals surface area contributed by atoms with Crippen molar-refractivity contribution in [3.63, 3.8) is 0 Å². The van der Waals surface area contributed by atoms with Crippen LogP contribution in [-0.2, 0) is 0 Å². The number of phenolic OH excluding ortho intramolecular Hbond substituents is 3. The van der Waals surface area contributed by atoms with Crippen molar-refractivity contribution in [2.45, 2.75) is 20.3 Å². The Labute approximate surface area is 182 Å². The highest BCUT2D eigenvalue weighted by Crippen LogP contribution is 2.50. The zero-order chi connectivity index (χ0) is 22.5. The van der Waals surface area contributed by atoms with Crippen LogP contribution in [0.2, 0.25) is 0 Å². The molecule has 0 aliphatic carbocycles. The first-order valence-corrected chi connectivity index (χ1v) is 10.1.